The van der Waals surface area contributed by atoms with E-state index in [0.717, 1.165) is 10.8 Å². The van der Waals surface area contributed by atoms with Crippen molar-refractivity contribution in [2.45, 2.75) is 32.8 Å². The Morgan fingerprint density at radius 2 is 1.95 bits per heavy atom. The zero-order valence-corrected chi connectivity index (χ0v) is 12.8. The Morgan fingerprint density at radius 1 is 1.30 bits per heavy atom. The van der Waals surface area contributed by atoms with Crippen molar-refractivity contribution in [3.63, 3.8) is 0 Å². The van der Waals surface area contributed by atoms with Crippen LogP contribution in [0.15, 0.2) is 30.5 Å². The number of hydrogen-bond donors (Lipinski definition) is 2. The minimum atomic E-state index is 0.0447. The highest BCUT2D eigenvalue weighted by molar-refractivity contribution is 7.13. The van der Waals surface area contributed by atoms with Crippen molar-refractivity contribution in [1.29, 1.82) is 5.41 Å². The molecule has 0 amide bonds. The molecular weight excluding hydrogens is 270 g/mol. The first-order valence-electron chi connectivity index (χ1n) is 6.39. The molecule has 0 fully saturated rings. The van der Waals surface area contributed by atoms with Gasteiger partial charge in [0.1, 0.15) is 23.2 Å². The smallest absolute Gasteiger partial charge is 0.140 e. The van der Waals surface area contributed by atoms with E-state index in [0.29, 0.717) is 11.5 Å². The predicted octanol–water partition coefficient (Wildman–Crippen LogP) is 3.30. The van der Waals surface area contributed by atoms with Gasteiger partial charge in [0.15, 0.2) is 0 Å². The molecule has 0 bridgehead atoms. The van der Waals surface area contributed by atoms with Gasteiger partial charge < -0.3 is 10.5 Å². The summed E-state index contributed by atoms with van der Waals surface area (Å²) in [5.74, 6) is 0.862. The molecular formula is C15H19N3OS. The quantitative estimate of drug-likeness (QED) is 0.670. The first-order chi connectivity index (χ1) is 9.36. The molecule has 0 aliphatic rings. The first kappa shape index (κ1) is 14.5. The van der Waals surface area contributed by atoms with E-state index in [2.05, 4.69) is 37.9 Å². The molecule has 0 unspecified atom stereocenters. The highest BCUT2D eigenvalue weighted by Crippen LogP contribution is 2.24. The van der Waals surface area contributed by atoms with E-state index >= 15 is 0 Å². The van der Waals surface area contributed by atoms with Gasteiger partial charge in [0, 0.05) is 6.20 Å². The molecule has 106 valence electrons. The van der Waals surface area contributed by atoms with Crippen molar-refractivity contribution in [3.8, 4) is 5.75 Å². The third-order valence-electron chi connectivity index (χ3n) is 2.90. The Morgan fingerprint density at radius 3 is 2.45 bits per heavy atom. The fraction of sp³-hybridized carbons (Fsp3) is 0.333. The van der Waals surface area contributed by atoms with Gasteiger partial charge >= 0.3 is 0 Å². The average molecular weight is 289 g/mol. The van der Waals surface area contributed by atoms with Gasteiger partial charge in [0.2, 0.25) is 0 Å². The third-order valence-corrected chi connectivity index (χ3v) is 3.91. The molecule has 5 heteroatoms. The van der Waals surface area contributed by atoms with Gasteiger partial charge in [-0.2, -0.15) is 0 Å². The first-order valence-corrected chi connectivity index (χ1v) is 7.20. The lowest BCUT2D eigenvalue weighted by Crippen LogP contribution is -2.10. The van der Waals surface area contributed by atoms with Crippen LogP contribution in [0.3, 0.4) is 0 Å². The topological polar surface area (TPSA) is 72.0 Å². The molecule has 0 aliphatic heterocycles. The summed E-state index contributed by atoms with van der Waals surface area (Å²) >= 11 is 1.38. The van der Waals surface area contributed by atoms with Crippen LogP contribution >= 0.6 is 11.3 Å². The molecule has 1 heterocycles. The standard InChI is InChI=1S/C15H19N3OS/c1-15(2,3)10-4-6-11(7-5-10)19-9-13-18-8-12(20-13)14(16)17/h4-8H,9H2,1-3H3,(H3,16,17). The van der Waals surface area contributed by atoms with Gasteiger partial charge in [-0.25, -0.2) is 4.98 Å². The lowest BCUT2D eigenvalue weighted by Gasteiger charge is -2.19. The number of benzene rings is 1. The molecule has 1 aromatic carbocycles. The molecule has 4 nitrogen and oxygen atoms in total. The number of nitrogens with two attached hydrogens (primary N) is 1. The van der Waals surface area contributed by atoms with Crippen LogP contribution in [-0.4, -0.2) is 10.8 Å². The molecule has 0 atom stereocenters. The number of hydrogen-bond acceptors (Lipinski definition) is 4. The monoisotopic (exact) mass is 289 g/mol. The Bertz CT molecular complexity index is 596. The second kappa shape index (κ2) is 5.63. The van der Waals surface area contributed by atoms with E-state index in [9.17, 15) is 0 Å². The number of amidine groups is 1. The Hall–Kier alpha value is -1.88. The van der Waals surface area contributed by atoms with Crippen LogP contribution < -0.4 is 10.5 Å². The lowest BCUT2D eigenvalue weighted by molar-refractivity contribution is 0.305. The molecule has 0 spiro atoms. The summed E-state index contributed by atoms with van der Waals surface area (Å²) < 4.78 is 5.69. The second-order valence-electron chi connectivity index (χ2n) is 5.59. The van der Waals surface area contributed by atoms with Crippen molar-refractivity contribution in [2.24, 2.45) is 5.73 Å². The average Bonchev–Trinajstić information content (AvgIpc) is 2.85. The minimum absolute atomic E-state index is 0.0447. The fourth-order valence-electron chi connectivity index (χ4n) is 1.70. The van der Waals surface area contributed by atoms with Crippen molar-refractivity contribution >= 4 is 17.2 Å². The highest BCUT2D eigenvalue weighted by atomic mass is 32.1. The zero-order chi connectivity index (χ0) is 14.8. The maximum Gasteiger partial charge on any atom is 0.140 e. The van der Waals surface area contributed by atoms with Crippen LogP contribution in [0.25, 0.3) is 0 Å². The van der Waals surface area contributed by atoms with Crippen molar-refractivity contribution in [1.82, 2.24) is 4.98 Å². The summed E-state index contributed by atoms with van der Waals surface area (Å²) in [5, 5.41) is 8.15. The maximum atomic E-state index is 7.33. The minimum Gasteiger partial charge on any atom is -0.486 e. The molecule has 0 saturated carbocycles. The predicted molar refractivity (Wildman–Crippen MR) is 82.6 cm³/mol. The number of rotatable bonds is 4. The van der Waals surface area contributed by atoms with Gasteiger partial charge in [0.05, 0.1) is 4.88 Å². The van der Waals surface area contributed by atoms with Gasteiger partial charge in [-0.3, -0.25) is 5.41 Å². The number of nitrogen functional groups attached to an aromatic ring is 1. The van der Waals surface area contributed by atoms with Crippen molar-refractivity contribution in [3.05, 3.63) is 45.9 Å². The van der Waals surface area contributed by atoms with E-state index in [1.165, 1.54) is 16.9 Å². The Labute approximate surface area is 123 Å². The van der Waals surface area contributed by atoms with Gasteiger partial charge in [-0.1, -0.05) is 32.9 Å². The maximum absolute atomic E-state index is 7.33. The van der Waals surface area contributed by atoms with Crippen LogP contribution in [0.4, 0.5) is 0 Å². The molecule has 3 N–H and O–H groups in total. The summed E-state index contributed by atoms with van der Waals surface area (Å²) in [4.78, 5) is 4.85. The Kier molecular flexibility index (Phi) is 4.09. The molecule has 2 aromatic rings. The Balaban J connectivity index is 1.98. The summed E-state index contributed by atoms with van der Waals surface area (Å²) in [7, 11) is 0. The molecule has 0 saturated heterocycles. The highest BCUT2D eigenvalue weighted by Gasteiger charge is 2.13. The normalized spacial score (nSPS) is 11.3. The molecule has 0 radical (unpaired) electrons. The van der Waals surface area contributed by atoms with E-state index in [-0.39, 0.29) is 11.3 Å². The molecule has 1 aromatic heterocycles. The van der Waals surface area contributed by atoms with Crippen LogP contribution in [0.2, 0.25) is 0 Å². The van der Waals surface area contributed by atoms with Gasteiger partial charge in [-0.05, 0) is 23.1 Å². The van der Waals surface area contributed by atoms with E-state index in [1.807, 2.05) is 12.1 Å². The number of nitrogens with zero attached hydrogens (tertiary/aromatic N) is 1. The van der Waals surface area contributed by atoms with Crippen LogP contribution in [0, 0.1) is 5.41 Å². The number of nitrogens with one attached hydrogen (secondary N) is 1. The summed E-state index contributed by atoms with van der Waals surface area (Å²) in [6.07, 6.45) is 1.61. The summed E-state index contributed by atoms with van der Waals surface area (Å²) in [5.41, 5.74) is 6.82. The molecule has 20 heavy (non-hydrogen) atoms. The van der Waals surface area contributed by atoms with Crippen molar-refractivity contribution in [2.75, 3.05) is 0 Å². The van der Waals surface area contributed by atoms with E-state index in [4.69, 9.17) is 15.9 Å². The van der Waals surface area contributed by atoms with E-state index in [1.54, 1.807) is 6.20 Å². The summed E-state index contributed by atoms with van der Waals surface area (Å²) in [6, 6.07) is 8.11. The largest absolute Gasteiger partial charge is 0.486 e. The number of thiazole rings is 1. The van der Waals surface area contributed by atoms with Crippen LogP contribution in [-0.2, 0) is 12.0 Å². The third kappa shape index (κ3) is 3.57. The fourth-order valence-corrected chi connectivity index (χ4v) is 2.39. The van der Waals surface area contributed by atoms with E-state index < -0.39 is 0 Å². The second-order valence-corrected chi connectivity index (χ2v) is 6.71. The van der Waals surface area contributed by atoms with Gasteiger partial charge in [-0.15, -0.1) is 11.3 Å². The summed E-state index contributed by atoms with van der Waals surface area (Å²) in [6.45, 7) is 6.94. The molecule has 0 aliphatic carbocycles. The van der Waals surface area contributed by atoms with Gasteiger partial charge in [0.25, 0.3) is 0 Å². The number of aromatic nitrogens is 1. The number of ether oxygens (including phenoxy) is 1. The van der Waals surface area contributed by atoms with Crippen LogP contribution in [0.5, 0.6) is 5.75 Å². The van der Waals surface area contributed by atoms with Crippen LogP contribution in [0.1, 0.15) is 36.2 Å². The SMILES string of the molecule is CC(C)(C)c1ccc(OCc2ncc(C(=N)N)s2)cc1. The zero-order valence-electron chi connectivity index (χ0n) is 11.9. The lowest BCUT2D eigenvalue weighted by atomic mass is 9.87. The molecule has 2 rings (SSSR count). The van der Waals surface area contributed by atoms with Crippen molar-refractivity contribution < 1.29 is 4.74 Å².